The van der Waals surface area contributed by atoms with Gasteiger partial charge in [-0.15, -0.1) is 0 Å². The number of aliphatic hydroxyl groups is 1. The van der Waals surface area contributed by atoms with Crippen LogP contribution in [-0.4, -0.2) is 86.5 Å². The maximum absolute atomic E-state index is 12.5. The summed E-state index contributed by atoms with van der Waals surface area (Å²) in [5, 5.41) is 20.4. The summed E-state index contributed by atoms with van der Waals surface area (Å²) in [6.45, 7) is 11.4. The molecular weight excluding hydrogens is 779 g/mol. The van der Waals surface area contributed by atoms with Gasteiger partial charge in [-0.3, -0.25) is 4.79 Å². The van der Waals surface area contributed by atoms with Crippen molar-refractivity contribution in [1.29, 1.82) is 0 Å². The number of rotatable bonds is 19. The van der Waals surface area contributed by atoms with Crippen molar-refractivity contribution >= 4 is 35.9 Å². The van der Waals surface area contributed by atoms with Crippen LogP contribution in [0.25, 0.3) is 12.2 Å². The first-order valence-electron chi connectivity index (χ1n) is 21.6. The zero-order valence-electron chi connectivity index (χ0n) is 36.9. The van der Waals surface area contributed by atoms with Gasteiger partial charge in [0.25, 0.3) is 0 Å². The number of urea groups is 1. The van der Waals surface area contributed by atoms with E-state index in [1.807, 2.05) is 36.0 Å². The maximum Gasteiger partial charge on any atom is 0.315 e. The Balaban J connectivity index is 1.02. The predicted molar refractivity (Wildman–Crippen MR) is 240 cm³/mol. The Morgan fingerprint density at radius 1 is 1.05 bits per heavy atom. The summed E-state index contributed by atoms with van der Waals surface area (Å²) in [6.07, 6.45) is 17.4. The number of fused-ring (bicyclic) bond motifs is 3. The topological polar surface area (TPSA) is 137 Å². The molecule has 60 heavy (non-hydrogen) atoms. The molecule has 3 aliphatic heterocycles. The number of thioether (sulfide) groups is 1. The lowest BCUT2D eigenvalue weighted by Gasteiger charge is -2.55. The molecule has 2 saturated heterocycles. The van der Waals surface area contributed by atoms with Crippen molar-refractivity contribution in [2.45, 2.75) is 121 Å². The van der Waals surface area contributed by atoms with E-state index in [2.05, 4.69) is 80.9 Å². The lowest BCUT2D eigenvalue weighted by Crippen LogP contribution is -2.58. The van der Waals surface area contributed by atoms with Gasteiger partial charge in [-0.05, 0) is 111 Å². The minimum absolute atomic E-state index is 0.0564. The Morgan fingerprint density at radius 3 is 2.53 bits per heavy atom. The van der Waals surface area contributed by atoms with Gasteiger partial charge in [0, 0.05) is 42.6 Å². The summed E-state index contributed by atoms with van der Waals surface area (Å²) in [6, 6.07) is 8.62. The van der Waals surface area contributed by atoms with Crippen LogP contribution in [0, 0.1) is 17.3 Å². The zero-order valence-corrected chi connectivity index (χ0v) is 37.7. The fraction of sp³-hybridized carbons (Fsp3) is 0.583. The predicted octanol–water partition coefficient (Wildman–Crippen LogP) is 8.26. The van der Waals surface area contributed by atoms with E-state index in [1.165, 1.54) is 5.57 Å². The van der Waals surface area contributed by atoms with Crippen LogP contribution in [0.4, 0.5) is 4.79 Å². The van der Waals surface area contributed by atoms with Crippen LogP contribution in [-0.2, 0) is 22.4 Å². The van der Waals surface area contributed by atoms with Crippen molar-refractivity contribution in [3.05, 3.63) is 70.3 Å². The summed E-state index contributed by atoms with van der Waals surface area (Å²) in [4.78, 5) is 24.1. The number of unbranched alkanes of at least 4 members (excludes halogenated alkanes) is 1. The van der Waals surface area contributed by atoms with Gasteiger partial charge in [-0.2, -0.15) is 11.8 Å². The lowest BCUT2D eigenvalue weighted by atomic mass is 9.57. The number of ether oxygens (including phenoxy) is 5. The molecule has 6 rings (SSSR count). The van der Waals surface area contributed by atoms with Gasteiger partial charge in [0.05, 0.1) is 32.4 Å². The molecule has 3 amide bonds. The summed E-state index contributed by atoms with van der Waals surface area (Å²) in [5.74, 6) is 4.36. The molecule has 1 unspecified atom stereocenters. The second-order valence-electron chi connectivity index (χ2n) is 17.9. The maximum atomic E-state index is 12.5. The van der Waals surface area contributed by atoms with Gasteiger partial charge in [0.15, 0.2) is 18.3 Å². The Labute approximate surface area is 361 Å². The van der Waals surface area contributed by atoms with E-state index in [1.54, 1.807) is 21.3 Å². The van der Waals surface area contributed by atoms with E-state index in [-0.39, 0.29) is 59.8 Å². The molecule has 0 radical (unpaired) electrons. The minimum Gasteiger partial charge on any atom is -0.496 e. The highest BCUT2D eigenvalue weighted by Crippen LogP contribution is 2.55. The number of amides is 3. The summed E-state index contributed by atoms with van der Waals surface area (Å²) < 4.78 is 29.9. The van der Waals surface area contributed by atoms with Crippen LogP contribution < -0.4 is 34.9 Å². The molecule has 2 aromatic carbocycles. The summed E-state index contributed by atoms with van der Waals surface area (Å²) in [5.41, 5.74) is 4.50. The Hall–Kier alpha value is -4.13. The second-order valence-corrected chi connectivity index (χ2v) is 19.2. The van der Waals surface area contributed by atoms with Gasteiger partial charge in [0.2, 0.25) is 5.91 Å². The van der Waals surface area contributed by atoms with Crippen LogP contribution in [0.5, 0.6) is 23.0 Å². The number of nitrogens with one attached hydrogen (secondary N) is 3. The first-order valence-corrected chi connectivity index (χ1v) is 22.7. The Bertz CT molecular complexity index is 1930. The number of carbonyl (C=O) groups is 2. The molecule has 0 bridgehead atoms. The van der Waals surface area contributed by atoms with E-state index < -0.39 is 0 Å². The highest BCUT2D eigenvalue weighted by Gasteiger charge is 2.55. The van der Waals surface area contributed by atoms with Crippen molar-refractivity contribution in [1.82, 2.24) is 16.0 Å². The number of methoxy groups -OCH3 is 3. The normalized spacial score (nSPS) is 26.1. The molecule has 1 aliphatic carbocycles. The smallest absolute Gasteiger partial charge is 0.315 e. The van der Waals surface area contributed by atoms with Gasteiger partial charge < -0.3 is 44.7 Å². The number of aliphatic hydroxyl groups excluding tert-OH is 1. The van der Waals surface area contributed by atoms with Crippen LogP contribution in [0.2, 0.25) is 0 Å². The minimum atomic E-state index is -0.365. The summed E-state index contributed by atoms with van der Waals surface area (Å²) >= 11 is 1.91. The molecular formula is C48H67N3O8S. The molecule has 1 saturated carbocycles. The highest BCUT2D eigenvalue weighted by atomic mass is 32.2. The standard InChI is InChI=1S/C48H67N3O8S/c1-30(12-11-13-31(2)27-49-43(53)15-10-9-14-40-44-36(28-60-40)50-46(54)51-44)16-19-35-37(56-7)23-33(24-38(35)58-29-55-6)18-17-32-22-34-26-41-47(3,4)42(52)20-21-48(41,5)59-45(34)39(25-32)57-8/h11,13,16-18,22-25,31,36,40-42,44,52H,9-10,12,14-15,19-21,26-29H2,1-8H3,(H,49,53)(H2,50,51,54)/b13-11+,18-17+,30-16+/t31?,36-,40-,41-,42-,44-,48-/m1/s1. The fourth-order valence-electron chi connectivity index (χ4n) is 9.36. The SMILES string of the molecule is COCOc1cc(/C=C/c2cc3c(c(OC)c2)O[C@]2(C)CC[C@@H](O)C(C)(C)[C@H]2C3)cc(OC)c1C/C=C(\C)C/C=C/C(C)CNC(=O)CCCC[C@H]1SC[C@H]2NC(=O)N[C@H]21. The molecule has 12 heteroatoms. The van der Waals surface area contributed by atoms with Crippen molar-refractivity contribution < 1.29 is 38.4 Å². The molecule has 4 N–H and O–H groups in total. The van der Waals surface area contributed by atoms with E-state index in [9.17, 15) is 14.7 Å². The monoisotopic (exact) mass is 845 g/mol. The van der Waals surface area contributed by atoms with Crippen molar-refractivity contribution in [2.24, 2.45) is 17.3 Å². The Morgan fingerprint density at radius 2 is 1.78 bits per heavy atom. The van der Waals surface area contributed by atoms with E-state index >= 15 is 0 Å². The van der Waals surface area contributed by atoms with Gasteiger partial charge in [0.1, 0.15) is 17.1 Å². The third kappa shape index (κ3) is 10.8. The fourth-order valence-corrected chi connectivity index (χ4v) is 10.9. The van der Waals surface area contributed by atoms with Crippen molar-refractivity contribution in [3.8, 4) is 23.0 Å². The number of benzene rings is 2. The van der Waals surface area contributed by atoms with Crippen LogP contribution in [0.15, 0.2) is 48.1 Å². The quantitative estimate of drug-likeness (QED) is 0.0362. The van der Waals surface area contributed by atoms with Gasteiger partial charge in [-0.25, -0.2) is 4.79 Å². The van der Waals surface area contributed by atoms with Crippen molar-refractivity contribution in [2.75, 3.05) is 40.4 Å². The molecule has 3 fully saturated rings. The number of allylic oxidation sites excluding steroid dienone is 3. The lowest BCUT2D eigenvalue weighted by molar-refractivity contribution is -0.138. The molecule has 3 heterocycles. The molecule has 328 valence electrons. The molecule has 7 atom stereocenters. The van der Waals surface area contributed by atoms with Gasteiger partial charge in [-0.1, -0.05) is 63.1 Å². The number of carbonyl (C=O) groups excluding carboxylic acids is 2. The first kappa shape index (κ1) is 45.4. The highest BCUT2D eigenvalue weighted by molar-refractivity contribution is 8.00. The second kappa shape index (κ2) is 20.2. The number of hydrogen-bond donors (Lipinski definition) is 4. The average Bonchev–Trinajstić information content (AvgIpc) is 3.79. The van der Waals surface area contributed by atoms with Crippen molar-refractivity contribution in [3.63, 3.8) is 0 Å². The average molecular weight is 846 g/mol. The number of hydrogen-bond acceptors (Lipinski definition) is 9. The molecule has 2 aromatic rings. The third-order valence-corrected chi connectivity index (χ3v) is 14.5. The Kier molecular flexibility index (Phi) is 15.3. The third-order valence-electron chi connectivity index (χ3n) is 13.0. The summed E-state index contributed by atoms with van der Waals surface area (Å²) in [7, 11) is 4.97. The molecule has 11 nitrogen and oxygen atoms in total. The van der Waals surface area contributed by atoms with Crippen LogP contribution >= 0.6 is 11.8 Å². The van der Waals surface area contributed by atoms with E-state index in [0.717, 1.165) is 84.5 Å². The zero-order chi connectivity index (χ0) is 43.0. The largest absolute Gasteiger partial charge is 0.496 e. The molecule has 0 aromatic heterocycles. The van der Waals surface area contributed by atoms with Crippen LogP contribution in [0.3, 0.4) is 0 Å². The van der Waals surface area contributed by atoms with E-state index in [0.29, 0.717) is 36.1 Å². The van der Waals surface area contributed by atoms with E-state index in [4.69, 9.17) is 23.7 Å². The van der Waals surface area contributed by atoms with Gasteiger partial charge >= 0.3 is 6.03 Å². The van der Waals surface area contributed by atoms with Crippen LogP contribution in [0.1, 0.15) is 102 Å². The first-order chi connectivity index (χ1) is 28.7. The molecule has 4 aliphatic rings. The molecule has 0 spiro atoms.